The van der Waals surface area contributed by atoms with Gasteiger partial charge in [-0.1, -0.05) is 164 Å². The predicted molar refractivity (Wildman–Crippen MR) is 207 cm³/mol. The number of fused-ring (bicyclic) bond motifs is 3. The third-order valence-electron chi connectivity index (χ3n) is 8.67. The third-order valence-corrected chi connectivity index (χ3v) is 8.67. The van der Waals surface area contributed by atoms with Gasteiger partial charge in [0, 0.05) is 22.9 Å². The van der Waals surface area contributed by atoms with E-state index in [-0.39, 0.29) is 0 Å². The van der Waals surface area contributed by atoms with E-state index in [1.807, 2.05) is 60.8 Å². The largest absolute Gasteiger partial charge is 0.256 e. The first-order valence-corrected chi connectivity index (χ1v) is 16.6. The van der Waals surface area contributed by atoms with Crippen LogP contribution in [0.15, 0.2) is 182 Å². The number of hydrogen-bond acceptors (Lipinski definition) is 4. The molecule has 0 N–H and O–H groups in total. The zero-order valence-corrected chi connectivity index (χ0v) is 27.3. The maximum atomic E-state index is 5.12. The summed E-state index contributed by atoms with van der Waals surface area (Å²) in [7, 11) is 0. The van der Waals surface area contributed by atoms with Crippen LogP contribution in [0.4, 0.5) is 0 Å². The van der Waals surface area contributed by atoms with Crippen molar-refractivity contribution < 1.29 is 0 Å². The number of benzene rings is 6. The van der Waals surface area contributed by atoms with Gasteiger partial charge in [0.1, 0.15) is 0 Å². The van der Waals surface area contributed by atoms with Crippen LogP contribution in [-0.4, -0.2) is 19.9 Å². The smallest absolute Gasteiger partial charge is 0.164 e. The van der Waals surface area contributed by atoms with Gasteiger partial charge in [-0.25, -0.2) is 15.0 Å². The van der Waals surface area contributed by atoms with Crippen LogP contribution in [0, 0.1) is 0 Å². The van der Waals surface area contributed by atoms with Gasteiger partial charge in [0.15, 0.2) is 17.5 Å². The summed E-state index contributed by atoms with van der Waals surface area (Å²) in [5.41, 5.74) is 7.12. The van der Waals surface area contributed by atoms with Crippen molar-refractivity contribution in [1.29, 1.82) is 0 Å². The topological polar surface area (TPSA) is 51.6 Å². The lowest BCUT2D eigenvalue weighted by Gasteiger charge is -2.12. The van der Waals surface area contributed by atoms with Crippen molar-refractivity contribution in [2.45, 2.75) is 0 Å². The van der Waals surface area contributed by atoms with Gasteiger partial charge in [-0.05, 0) is 62.5 Å². The summed E-state index contributed by atoms with van der Waals surface area (Å²) in [6, 6.07) is 60.0. The van der Waals surface area contributed by atoms with Crippen molar-refractivity contribution in [2.24, 2.45) is 0 Å². The Balaban J connectivity index is 1.27. The monoisotopic (exact) mass is 640 g/mol. The van der Waals surface area contributed by atoms with Crippen LogP contribution in [0.1, 0.15) is 11.4 Å². The Kier molecular flexibility index (Phi) is 8.64. The summed E-state index contributed by atoms with van der Waals surface area (Å²) >= 11 is 0. The van der Waals surface area contributed by atoms with Crippen molar-refractivity contribution >= 4 is 33.7 Å². The van der Waals surface area contributed by atoms with Crippen LogP contribution >= 0.6 is 0 Å². The lowest BCUT2D eigenvalue weighted by atomic mass is 9.97. The Hall–Kier alpha value is -6.78. The van der Waals surface area contributed by atoms with Gasteiger partial charge >= 0.3 is 0 Å². The zero-order chi connectivity index (χ0) is 33.5. The average molecular weight is 641 g/mol. The molecule has 50 heavy (non-hydrogen) atoms. The van der Waals surface area contributed by atoms with Crippen molar-refractivity contribution in [2.75, 3.05) is 0 Å². The zero-order valence-electron chi connectivity index (χ0n) is 27.3. The molecule has 6 aromatic carbocycles. The molecule has 0 aliphatic carbocycles. The summed E-state index contributed by atoms with van der Waals surface area (Å²) < 4.78 is 0. The average Bonchev–Trinajstić information content (AvgIpc) is 3.19. The molecule has 4 nitrogen and oxygen atoms in total. The normalized spacial score (nSPS) is 11.1. The van der Waals surface area contributed by atoms with Crippen LogP contribution in [-0.2, 0) is 0 Å². The van der Waals surface area contributed by atoms with Gasteiger partial charge in [0.25, 0.3) is 0 Å². The van der Waals surface area contributed by atoms with Crippen LogP contribution in [0.2, 0.25) is 0 Å². The Morgan fingerprint density at radius 2 is 1.00 bits per heavy atom. The lowest BCUT2D eigenvalue weighted by molar-refractivity contribution is 1.05. The SMILES string of the molecule is C(=C\c1ccccc1-c1ccccc1)/c1nc(-c2ccc(-c3ccccccccn3)cc2)nc(-c2cc3ccccc3c3ccccc23)n1. The van der Waals surface area contributed by atoms with E-state index in [1.54, 1.807) is 0 Å². The highest BCUT2D eigenvalue weighted by Crippen LogP contribution is 2.34. The van der Waals surface area contributed by atoms with Gasteiger partial charge in [-0.2, -0.15) is 0 Å². The minimum Gasteiger partial charge on any atom is -0.256 e. The minimum absolute atomic E-state index is 0.582. The molecule has 0 amide bonds. The third kappa shape index (κ3) is 6.51. The second kappa shape index (κ2) is 14.1. The second-order valence-corrected chi connectivity index (χ2v) is 11.9. The molecule has 2 heterocycles. The predicted octanol–water partition coefficient (Wildman–Crippen LogP) is 11.5. The van der Waals surface area contributed by atoms with Crippen molar-refractivity contribution in [3.8, 4) is 45.2 Å². The molecule has 0 aliphatic rings. The maximum Gasteiger partial charge on any atom is 0.164 e. The van der Waals surface area contributed by atoms with E-state index in [9.17, 15) is 0 Å². The van der Waals surface area contributed by atoms with E-state index in [2.05, 4.69) is 138 Å². The van der Waals surface area contributed by atoms with E-state index in [4.69, 9.17) is 15.0 Å². The molecule has 4 heteroatoms. The molecule has 2 aromatic heterocycles. The van der Waals surface area contributed by atoms with E-state index in [1.165, 1.54) is 10.8 Å². The van der Waals surface area contributed by atoms with Gasteiger partial charge in [0.2, 0.25) is 0 Å². The summed E-state index contributed by atoms with van der Waals surface area (Å²) in [6.45, 7) is 0. The number of nitrogens with zero attached hydrogens (tertiary/aromatic N) is 4. The quantitative estimate of drug-likeness (QED) is 0.170. The first kappa shape index (κ1) is 30.5. The molecule has 236 valence electrons. The molecular weight excluding hydrogens is 609 g/mol. The van der Waals surface area contributed by atoms with Gasteiger partial charge in [-0.3, -0.25) is 4.98 Å². The van der Waals surface area contributed by atoms with E-state index >= 15 is 0 Å². The number of aromatic nitrogens is 4. The van der Waals surface area contributed by atoms with E-state index in [0.717, 1.165) is 49.8 Å². The molecule has 0 bridgehead atoms. The molecule has 8 rings (SSSR count). The molecule has 8 aromatic rings. The fourth-order valence-electron chi connectivity index (χ4n) is 6.22. The molecule has 0 saturated heterocycles. The van der Waals surface area contributed by atoms with Gasteiger partial charge in [0.05, 0.1) is 5.69 Å². The Bertz CT molecular complexity index is 2510. The van der Waals surface area contributed by atoms with Crippen LogP contribution < -0.4 is 0 Å². The summed E-state index contributed by atoms with van der Waals surface area (Å²) in [6.07, 6.45) is 5.89. The van der Waals surface area contributed by atoms with Crippen molar-refractivity contribution in [3.05, 3.63) is 194 Å². The first-order valence-electron chi connectivity index (χ1n) is 16.6. The maximum absolute atomic E-state index is 5.12. The van der Waals surface area contributed by atoms with Crippen LogP contribution in [0.25, 0.3) is 78.9 Å². The fourth-order valence-corrected chi connectivity index (χ4v) is 6.22. The molecule has 0 radical (unpaired) electrons. The van der Waals surface area contributed by atoms with E-state index in [0.29, 0.717) is 17.5 Å². The van der Waals surface area contributed by atoms with Crippen molar-refractivity contribution in [1.82, 2.24) is 19.9 Å². The molecule has 0 fully saturated rings. The number of rotatable bonds is 6. The summed E-state index contributed by atoms with van der Waals surface area (Å²) in [4.78, 5) is 19.9. The Morgan fingerprint density at radius 3 is 1.86 bits per heavy atom. The molecule has 0 unspecified atom stereocenters. The minimum atomic E-state index is 0.582. The highest BCUT2D eigenvalue weighted by Gasteiger charge is 2.15. The lowest BCUT2D eigenvalue weighted by Crippen LogP contribution is -2.00. The molecule has 0 saturated carbocycles. The van der Waals surface area contributed by atoms with Crippen LogP contribution in [0.3, 0.4) is 0 Å². The Labute approximate surface area is 291 Å². The fraction of sp³-hybridized carbons (Fsp3) is 0. The van der Waals surface area contributed by atoms with E-state index < -0.39 is 0 Å². The second-order valence-electron chi connectivity index (χ2n) is 11.9. The van der Waals surface area contributed by atoms with Gasteiger partial charge in [-0.15, -0.1) is 0 Å². The molecule has 0 spiro atoms. The standard InChI is InChI=1S/C46H32N4/c1-2-4-15-31-47-43(24-8-3-1)35-25-27-36(28-26-35)45-48-44(30-29-34-18-9-11-20-38(34)33-16-6-5-7-17-33)49-46(50-45)42-32-37-19-10-12-21-39(37)40-22-13-14-23-41(40)42/h1-32H/b2-1?,3-1?,4-2?,8-3?,15-4?,24-8?,30-29+,31-15?,43-24?,47-31?,47-43?. The first-order chi connectivity index (χ1) is 24.8. The molecule has 0 aliphatic heterocycles. The Morgan fingerprint density at radius 1 is 0.380 bits per heavy atom. The molecule has 0 atom stereocenters. The highest BCUT2D eigenvalue weighted by molar-refractivity contribution is 6.13. The van der Waals surface area contributed by atoms with Gasteiger partial charge < -0.3 is 0 Å². The van der Waals surface area contributed by atoms with Crippen LogP contribution in [0.5, 0.6) is 0 Å². The summed E-state index contributed by atoms with van der Waals surface area (Å²) in [5, 5.41) is 4.61. The number of hydrogen-bond donors (Lipinski definition) is 0. The molecular formula is C46H32N4. The highest BCUT2D eigenvalue weighted by atomic mass is 15.0. The van der Waals surface area contributed by atoms with Crippen molar-refractivity contribution in [3.63, 3.8) is 0 Å². The summed E-state index contributed by atoms with van der Waals surface area (Å²) in [5.74, 6) is 1.81.